The molecule has 1 aliphatic rings. The lowest BCUT2D eigenvalue weighted by molar-refractivity contribution is -0.120. The van der Waals surface area contributed by atoms with Gasteiger partial charge in [0.25, 0.3) is 0 Å². The fourth-order valence-corrected chi connectivity index (χ4v) is 3.48. The number of rotatable bonds is 3. The number of fused-ring (bicyclic) bond motifs is 1. The highest BCUT2D eigenvalue weighted by Gasteiger charge is 2.22. The van der Waals surface area contributed by atoms with Crippen LogP contribution >= 0.6 is 0 Å². The third-order valence-corrected chi connectivity index (χ3v) is 4.80. The molecule has 4 rings (SSSR count). The Balaban J connectivity index is 1.63. The van der Waals surface area contributed by atoms with Gasteiger partial charge in [-0.1, -0.05) is 43.5 Å². The van der Waals surface area contributed by atoms with Crippen molar-refractivity contribution in [2.24, 2.45) is 5.92 Å². The predicted molar refractivity (Wildman–Crippen MR) is 95.8 cm³/mol. The van der Waals surface area contributed by atoms with E-state index in [-0.39, 0.29) is 11.8 Å². The van der Waals surface area contributed by atoms with Crippen molar-refractivity contribution in [1.82, 2.24) is 9.38 Å². The SMILES string of the molecule is O=C(Nc1ccccc1-c1cn2ccccc2n1)C1CCCCC1. The van der Waals surface area contributed by atoms with Crippen LogP contribution in [0.5, 0.6) is 0 Å². The first-order chi connectivity index (χ1) is 11.8. The standard InChI is InChI=1S/C20H21N3O/c24-20(15-8-2-1-3-9-15)22-17-11-5-4-10-16(17)18-14-23-13-7-6-12-19(23)21-18/h4-7,10-15H,1-3,8-9H2,(H,22,24). The van der Waals surface area contributed by atoms with Crippen molar-refractivity contribution < 1.29 is 4.79 Å². The van der Waals surface area contributed by atoms with E-state index in [1.807, 2.05) is 59.3 Å². The second kappa shape index (κ2) is 6.48. The molecule has 1 saturated carbocycles. The average molecular weight is 319 g/mol. The topological polar surface area (TPSA) is 46.4 Å². The second-order valence-electron chi connectivity index (χ2n) is 6.46. The number of para-hydroxylation sites is 1. The number of hydrogen-bond donors (Lipinski definition) is 1. The molecular formula is C20H21N3O. The lowest BCUT2D eigenvalue weighted by atomic mass is 9.88. The quantitative estimate of drug-likeness (QED) is 0.771. The Bertz CT molecular complexity index is 829. The zero-order valence-corrected chi connectivity index (χ0v) is 13.6. The minimum Gasteiger partial charge on any atom is -0.325 e. The van der Waals surface area contributed by atoms with Gasteiger partial charge in [0.15, 0.2) is 0 Å². The predicted octanol–water partition coefficient (Wildman–Crippen LogP) is 4.52. The molecule has 122 valence electrons. The van der Waals surface area contributed by atoms with E-state index in [0.29, 0.717) is 0 Å². The van der Waals surface area contributed by atoms with Gasteiger partial charge in [-0.25, -0.2) is 4.98 Å². The van der Waals surface area contributed by atoms with Gasteiger partial charge in [0.2, 0.25) is 5.91 Å². The number of aromatic nitrogens is 2. The molecule has 0 saturated heterocycles. The van der Waals surface area contributed by atoms with Crippen molar-refractivity contribution in [2.75, 3.05) is 5.32 Å². The van der Waals surface area contributed by atoms with E-state index in [2.05, 4.69) is 10.3 Å². The largest absolute Gasteiger partial charge is 0.325 e. The molecule has 0 unspecified atom stereocenters. The van der Waals surface area contributed by atoms with E-state index >= 15 is 0 Å². The first kappa shape index (κ1) is 14.9. The van der Waals surface area contributed by atoms with E-state index in [1.165, 1.54) is 6.42 Å². The average Bonchev–Trinajstić information content (AvgIpc) is 3.07. The van der Waals surface area contributed by atoms with Crippen molar-refractivity contribution in [3.8, 4) is 11.3 Å². The van der Waals surface area contributed by atoms with Crippen molar-refractivity contribution in [3.05, 3.63) is 54.9 Å². The number of pyridine rings is 1. The molecule has 0 aliphatic heterocycles. The first-order valence-electron chi connectivity index (χ1n) is 8.65. The molecule has 2 heterocycles. The summed E-state index contributed by atoms with van der Waals surface area (Å²) >= 11 is 0. The van der Waals surface area contributed by atoms with Crippen LogP contribution in [0.3, 0.4) is 0 Å². The summed E-state index contributed by atoms with van der Waals surface area (Å²) in [6, 6.07) is 13.8. The summed E-state index contributed by atoms with van der Waals surface area (Å²) < 4.78 is 2.00. The lowest BCUT2D eigenvalue weighted by Gasteiger charge is -2.21. The molecule has 1 fully saturated rings. The van der Waals surface area contributed by atoms with Crippen molar-refractivity contribution >= 4 is 17.2 Å². The molecule has 0 spiro atoms. The zero-order valence-electron chi connectivity index (χ0n) is 13.6. The fraction of sp³-hybridized carbons (Fsp3) is 0.300. The van der Waals surface area contributed by atoms with Crippen LogP contribution < -0.4 is 5.32 Å². The number of hydrogen-bond acceptors (Lipinski definition) is 2. The monoisotopic (exact) mass is 319 g/mol. The molecule has 0 bridgehead atoms. The van der Waals surface area contributed by atoms with Crippen LogP contribution in [0.15, 0.2) is 54.9 Å². The highest BCUT2D eigenvalue weighted by atomic mass is 16.1. The molecule has 24 heavy (non-hydrogen) atoms. The van der Waals surface area contributed by atoms with Gasteiger partial charge in [0.1, 0.15) is 5.65 Å². The number of benzene rings is 1. The summed E-state index contributed by atoms with van der Waals surface area (Å²) in [5.74, 6) is 0.291. The van der Waals surface area contributed by atoms with Crippen LogP contribution in [0.25, 0.3) is 16.9 Å². The van der Waals surface area contributed by atoms with Crippen LogP contribution in [0.2, 0.25) is 0 Å². The third-order valence-electron chi connectivity index (χ3n) is 4.80. The van der Waals surface area contributed by atoms with Crippen LogP contribution in [0.1, 0.15) is 32.1 Å². The molecule has 3 aromatic rings. The number of carbonyl (C=O) groups excluding carboxylic acids is 1. The number of anilines is 1. The summed E-state index contributed by atoms with van der Waals surface area (Å²) in [5, 5.41) is 3.13. The summed E-state index contributed by atoms with van der Waals surface area (Å²) in [5.41, 5.74) is 3.59. The molecule has 1 aromatic carbocycles. The molecule has 4 nitrogen and oxygen atoms in total. The van der Waals surface area contributed by atoms with E-state index < -0.39 is 0 Å². The van der Waals surface area contributed by atoms with Gasteiger partial charge in [0.05, 0.1) is 11.4 Å². The Kier molecular flexibility index (Phi) is 4.03. The van der Waals surface area contributed by atoms with Gasteiger partial charge in [-0.15, -0.1) is 0 Å². The summed E-state index contributed by atoms with van der Waals surface area (Å²) in [6.45, 7) is 0. The van der Waals surface area contributed by atoms with E-state index in [4.69, 9.17) is 0 Å². The molecule has 1 aliphatic carbocycles. The lowest BCUT2D eigenvalue weighted by Crippen LogP contribution is -2.24. The maximum Gasteiger partial charge on any atom is 0.227 e. The smallest absolute Gasteiger partial charge is 0.227 e. The first-order valence-corrected chi connectivity index (χ1v) is 8.65. The number of nitrogens with zero attached hydrogens (tertiary/aromatic N) is 2. The van der Waals surface area contributed by atoms with Gasteiger partial charge in [-0.05, 0) is 31.0 Å². The minimum atomic E-state index is 0.144. The molecule has 1 amide bonds. The normalized spacial score (nSPS) is 15.5. The highest BCUT2D eigenvalue weighted by Crippen LogP contribution is 2.30. The summed E-state index contributed by atoms with van der Waals surface area (Å²) in [7, 11) is 0. The van der Waals surface area contributed by atoms with Gasteiger partial charge in [-0.2, -0.15) is 0 Å². The van der Waals surface area contributed by atoms with Crippen LogP contribution in [0.4, 0.5) is 5.69 Å². The summed E-state index contributed by atoms with van der Waals surface area (Å²) in [6.07, 6.45) is 9.56. The zero-order chi connectivity index (χ0) is 16.4. The Labute approximate surface area is 141 Å². The van der Waals surface area contributed by atoms with Gasteiger partial charge in [-0.3, -0.25) is 4.79 Å². The van der Waals surface area contributed by atoms with Crippen molar-refractivity contribution in [2.45, 2.75) is 32.1 Å². The maximum absolute atomic E-state index is 12.6. The third kappa shape index (κ3) is 2.92. The Morgan fingerprint density at radius 3 is 2.67 bits per heavy atom. The number of imidazole rings is 1. The second-order valence-corrected chi connectivity index (χ2v) is 6.46. The molecule has 2 aromatic heterocycles. The van der Waals surface area contributed by atoms with E-state index in [9.17, 15) is 4.79 Å². The maximum atomic E-state index is 12.6. The van der Waals surface area contributed by atoms with Crippen molar-refractivity contribution in [3.63, 3.8) is 0 Å². The summed E-state index contributed by atoms with van der Waals surface area (Å²) in [4.78, 5) is 17.3. The Morgan fingerprint density at radius 1 is 1.04 bits per heavy atom. The minimum absolute atomic E-state index is 0.144. The van der Waals surface area contributed by atoms with E-state index in [1.54, 1.807) is 0 Å². The molecule has 0 atom stereocenters. The highest BCUT2D eigenvalue weighted by molar-refractivity contribution is 5.96. The number of amides is 1. The van der Waals surface area contributed by atoms with Crippen LogP contribution in [-0.4, -0.2) is 15.3 Å². The van der Waals surface area contributed by atoms with Crippen molar-refractivity contribution in [1.29, 1.82) is 0 Å². The molecular weight excluding hydrogens is 298 g/mol. The molecule has 1 N–H and O–H groups in total. The Hall–Kier alpha value is -2.62. The molecule has 0 radical (unpaired) electrons. The molecule has 4 heteroatoms. The van der Waals surface area contributed by atoms with Crippen LogP contribution in [0, 0.1) is 5.92 Å². The number of carbonyl (C=O) groups is 1. The Morgan fingerprint density at radius 2 is 1.83 bits per heavy atom. The fourth-order valence-electron chi connectivity index (χ4n) is 3.48. The van der Waals surface area contributed by atoms with Gasteiger partial charge >= 0.3 is 0 Å². The van der Waals surface area contributed by atoms with Gasteiger partial charge in [0, 0.05) is 23.9 Å². The van der Waals surface area contributed by atoms with Crippen LogP contribution in [-0.2, 0) is 4.79 Å². The number of nitrogens with one attached hydrogen (secondary N) is 1. The van der Waals surface area contributed by atoms with E-state index in [0.717, 1.165) is 48.3 Å². The van der Waals surface area contributed by atoms with Gasteiger partial charge < -0.3 is 9.72 Å².